The number of piperidine rings is 1. The summed E-state index contributed by atoms with van der Waals surface area (Å²) < 4.78 is 85.1. The molecule has 2 atom stereocenters. The van der Waals surface area contributed by atoms with E-state index in [1.54, 1.807) is 0 Å². The highest BCUT2D eigenvalue weighted by Gasteiger charge is 2.51. The molecule has 2 heterocycles. The third-order valence-corrected chi connectivity index (χ3v) is 4.42. The zero-order valence-electron chi connectivity index (χ0n) is 12.3. The van der Waals surface area contributed by atoms with Gasteiger partial charge in [-0.2, -0.15) is 26.3 Å². The van der Waals surface area contributed by atoms with Gasteiger partial charge >= 0.3 is 12.4 Å². The summed E-state index contributed by atoms with van der Waals surface area (Å²) in [5, 5.41) is 13.9. The normalized spacial score (nSPS) is 31.1. The van der Waals surface area contributed by atoms with E-state index in [4.69, 9.17) is 4.74 Å². The molecule has 2 aliphatic heterocycles. The molecule has 134 valence electrons. The van der Waals surface area contributed by atoms with E-state index in [0.29, 0.717) is 18.2 Å². The Labute approximate surface area is 133 Å². The van der Waals surface area contributed by atoms with Crippen LogP contribution in [0.4, 0.5) is 26.3 Å². The van der Waals surface area contributed by atoms with Gasteiger partial charge in [-0.05, 0) is 25.0 Å². The van der Waals surface area contributed by atoms with Crippen LogP contribution in [0.3, 0.4) is 0 Å². The van der Waals surface area contributed by atoms with Gasteiger partial charge in [-0.3, -0.25) is 0 Å². The van der Waals surface area contributed by atoms with Crippen molar-refractivity contribution in [2.24, 2.45) is 0 Å². The number of ether oxygens (including phenoxy) is 1. The van der Waals surface area contributed by atoms with Crippen LogP contribution in [0, 0.1) is 0 Å². The molecule has 2 fully saturated rings. The van der Waals surface area contributed by atoms with Gasteiger partial charge in [0.2, 0.25) is 0 Å². The highest BCUT2D eigenvalue weighted by molar-refractivity contribution is 5.44. The molecule has 0 radical (unpaired) electrons. The molecular weight excluding hydrogens is 340 g/mol. The van der Waals surface area contributed by atoms with Crippen molar-refractivity contribution in [3.05, 3.63) is 34.9 Å². The van der Waals surface area contributed by atoms with E-state index in [2.05, 4.69) is 5.32 Å². The fourth-order valence-corrected chi connectivity index (χ4v) is 3.65. The van der Waals surface area contributed by atoms with Gasteiger partial charge in [0.15, 0.2) is 0 Å². The zero-order chi connectivity index (χ0) is 17.8. The Kier molecular flexibility index (Phi) is 4.09. The van der Waals surface area contributed by atoms with Gasteiger partial charge in [-0.25, -0.2) is 0 Å². The van der Waals surface area contributed by atoms with E-state index in [1.807, 2.05) is 0 Å². The fourth-order valence-electron chi connectivity index (χ4n) is 3.65. The van der Waals surface area contributed by atoms with Crippen molar-refractivity contribution in [2.75, 3.05) is 13.2 Å². The van der Waals surface area contributed by atoms with Crippen LogP contribution in [0.5, 0.6) is 0 Å². The molecule has 0 amide bonds. The van der Waals surface area contributed by atoms with E-state index in [0.717, 1.165) is 0 Å². The average Bonchev–Trinajstić information content (AvgIpc) is 2.44. The van der Waals surface area contributed by atoms with Crippen LogP contribution >= 0.6 is 0 Å². The second-order valence-corrected chi connectivity index (χ2v) is 6.26. The maximum Gasteiger partial charge on any atom is 0.416 e. The lowest BCUT2D eigenvalue weighted by atomic mass is 9.74. The number of nitrogens with one attached hydrogen (secondary N) is 1. The van der Waals surface area contributed by atoms with Crippen LogP contribution in [-0.2, 0) is 22.7 Å². The molecule has 24 heavy (non-hydrogen) atoms. The lowest BCUT2D eigenvalue weighted by Crippen LogP contribution is -2.59. The van der Waals surface area contributed by atoms with Crippen molar-refractivity contribution >= 4 is 0 Å². The van der Waals surface area contributed by atoms with Crippen LogP contribution in [0.25, 0.3) is 0 Å². The number of benzene rings is 1. The first-order chi connectivity index (χ1) is 11.0. The largest absolute Gasteiger partial charge is 0.416 e. The smallest absolute Gasteiger partial charge is 0.385 e. The Bertz CT molecular complexity index is 583. The monoisotopic (exact) mass is 355 g/mol. The second-order valence-electron chi connectivity index (χ2n) is 6.26. The Morgan fingerprint density at radius 1 is 0.958 bits per heavy atom. The molecule has 0 spiro atoms. The Hall–Kier alpha value is -1.32. The van der Waals surface area contributed by atoms with Gasteiger partial charge in [-0.1, -0.05) is 6.07 Å². The summed E-state index contributed by atoms with van der Waals surface area (Å²) in [6.07, 6.45) is -10.6. The third kappa shape index (κ3) is 3.12. The summed E-state index contributed by atoms with van der Waals surface area (Å²) in [6, 6.07) is 0.881. The van der Waals surface area contributed by atoms with E-state index in [1.165, 1.54) is 0 Å². The van der Waals surface area contributed by atoms with Crippen LogP contribution in [0.15, 0.2) is 18.2 Å². The maximum absolute atomic E-state index is 13.3. The summed E-state index contributed by atoms with van der Waals surface area (Å²) in [5.41, 5.74) is -6.19. The van der Waals surface area contributed by atoms with Gasteiger partial charge in [0.25, 0.3) is 0 Å². The van der Waals surface area contributed by atoms with Crippen LogP contribution < -0.4 is 5.32 Å². The van der Waals surface area contributed by atoms with Gasteiger partial charge in [-0.15, -0.1) is 0 Å². The molecule has 3 rings (SSSR count). The molecule has 0 aromatic heterocycles. The fraction of sp³-hybridized carbons (Fsp3) is 0.600. The number of rotatable bonds is 1. The standard InChI is InChI=1S/C15H15F6NO2/c16-14(17,18)10-2-1-3-11(15(19,20)21)12(10)13(23)4-8-6-24-7-9(5-13)22-8/h1-3,8-9,22-23H,4-7H2. The number of halogens is 6. The highest BCUT2D eigenvalue weighted by Crippen LogP contribution is 2.48. The number of hydrogen-bond acceptors (Lipinski definition) is 3. The molecule has 2 aliphatic rings. The predicted molar refractivity (Wildman–Crippen MR) is 71.1 cm³/mol. The van der Waals surface area contributed by atoms with E-state index in [9.17, 15) is 31.4 Å². The lowest BCUT2D eigenvalue weighted by Gasteiger charge is -2.46. The average molecular weight is 355 g/mol. The van der Waals surface area contributed by atoms with E-state index in [-0.39, 0.29) is 26.1 Å². The molecular formula is C15H15F6NO2. The summed E-state index contributed by atoms with van der Waals surface area (Å²) in [7, 11) is 0. The molecule has 1 aromatic rings. The number of aliphatic hydroxyl groups is 1. The first kappa shape index (κ1) is 17.5. The van der Waals surface area contributed by atoms with Crippen molar-refractivity contribution in [3.8, 4) is 0 Å². The van der Waals surface area contributed by atoms with Crippen LogP contribution in [0.1, 0.15) is 29.5 Å². The van der Waals surface area contributed by atoms with Crippen molar-refractivity contribution in [3.63, 3.8) is 0 Å². The van der Waals surface area contributed by atoms with Gasteiger partial charge in [0, 0.05) is 17.6 Å². The van der Waals surface area contributed by atoms with Crippen molar-refractivity contribution < 1.29 is 36.2 Å². The minimum absolute atomic E-state index is 0.133. The molecule has 0 saturated carbocycles. The minimum atomic E-state index is -5.00. The van der Waals surface area contributed by atoms with Gasteiger partial charge in [0.05, 0.1) is 29.9 Å². The summed E-state index contributed by atoms with van der Waals surface area (Å²) in [4.78, 5) is 0. The molecule has 2 saturated heterocycles. The van der Waals surface area contributed by atoms with Gasteiger partial charge < -0.3 is 15.2 Å². The van der Waals surface area contributed by atoms with Crippen LogP contribution in [0.2, 0.25) is 0 Å². The van der Waals surface area contributed by atoms with Crippen molar-refractivity contribution in [1.82, 2.24) is 5.32 Å². The van der Waals surface area contributed by atoms with E-state index >= 15 is 0 Å². The zero-order valence-corrected chi connectivity index (χ0v) is 12.3. The maximum atomic E-state index is 13.3. The Balaban J connectivity index is 2.17. The third-order valence-electron chi connectivity index (χ3n) is 4.42. The molecule has 2 N–H and O–H groups in total. The number of hydrogen-bond donors (Lipinski definition) is 2. The molecule has 3 nitrogen and oxygen atoms in total. The van der Waals surface area contributed by atoms with E-state index < -0.39 is 46.7 Å². The Morgan fingerprint density at radius 2 is 1.42 bits per heavy atom. The number of alkyl halides is 6. The molecule has 1 aromatic carbocycles. The first-order valence-corrected chi connectivity index (χ1v) is 7.35. The lowest BCUT2D eigenvalue weighted by molar-refractivity contribution is -0.153. The molecule has 2 unspecified atom stereocenters. The summed E-state index contributed by atoms with van der Waals surface area (Å²) in [5.74, 6) is 0. The quantitative estimate of drug-likeness (QED) is 0.761. The second kappa shape index (κ2) is 5.60. The molecule has 0 aliphatic carbocycles. The van der Waals surface area contributed by atoms with Crippen molar-refractivity contribution in [2.45, 2.75) is 42.9 Å². The topological polar surface area (TPSA) is 41.5 Å². The first-order valence-electron chi connectivity index (χ1n) is 7.35. The molecule has 2 bridgehead atoms. The van der Waals surface area contributed by atoms with Crippen LogP contribution in [-0.4, -0.2) is 30.4 Å². The predicted octanol–water partition coefficient (Wildman–Crippen LogP) is 3.06. The highest BCUT2D eigenvalue weighted by atomic mass is 19.4. The summed E-state index contributed by atoms with van der Waals surface area (Å²) >= 11 is 0. The number of morpholine rings is 1. The molecule has 9 heteroatoms. The van der Waals surface area contributed by atoms with Gasteiger partial charge in [0.1, 0.15) is 0 Å². The summed E-state index contributed by atoms with van der Waals surface area (Å²) in [6.45, 7) is 0.267. The SMILES string of the molecule is OC1(c2c(C(F)(F)F)cccc2C(F)(F)F)CC2COCC(C1)N2. The van der Waals surface area contributed by atoms with Crippen molar-refractivity contribution in [1.29, 1.82) is 0 Å². The Morgan fingerprint density at radius 3 is 1.83 bits per heavy atom. The number of fused-ring (bicyclic) bond motifs is 2. The minimum Gasteiger partial charge on any atom is -0.385 e.